The second kappa shape index (κ2) is 21.4. The highest BCUT2D eigenvalue weighted by atomic mass is 32.1. The summed E-state index contributed by atoms with van der Waals surface area (Å²) in [6.45, 7) is 8.29. The first-order valence-corrected chi connectivity index (χ1v) is 23.7. The highest BCUT2D eigenvalue weighted by molar-refractivity contribution is 7.81. The predicted molar refractivity (Wildman–Crippen MR) is 263 cm³/mol. The van der Waals surface area contributed by atoms with E-state index in [1.807, 2.05) is 20.8 Å². The summed E-state index contributed by atoms with van der Waals surface area (Å²) in [5.41, 5.74) is 14.8. The molecule has 0 saturated carbocycles. The molecule has 1 fully saturated rings. The second-order valence-corrected chi connectivity index (χ2v) is 18.1. The molecule has 6 aromatic rings. The van der Waals surface area contributed by atoms with E-state index in [2.05, 4.69) is 38.3 Å². The largest absolute Gasteiger partial charge is 0.494 e. The lowest BCUT2D eigenvalue weighted by Crippen LogP contribution is -2.36. The van der Waals surface area contributed by atoms with Crippen molar-refractivity contribution in [3.8, 4) is 11.5 Å². The molecule has 1 saturated heterocycles. The monoisotopic (exact) mass is 995 g/mol. The van der Waals surface area contributed by atoms with Gasteiger partial charge in [0.05, 0.1) is 46.4 Å². The molecule has 7 amide bonds. The van der Waals surface area contributed by atoms with Gasteiger partial charge in [0.1, 0.15) is 33.1 Å². The summed E-state index contributed by atoms with van der Waals surface area (Å²) < 4.78 is 17.0. The lowest BCUT2D eigenvalue weighted by atomic mass is 10.1. The summed E-state index contributed by atoms with van der Waals surface area (Å²) in [5, 5.41) is 10.2. The second-order valence-electron chi connectivity index (χ2n) is 16.3. The summed E-state index contributed by atoms with van der Waals surface area (Å²) in [7, 11) is 3.05. The maximum Gasteiger partial charge on any atom is 0.276 e. The van der Waals surface area contributed by atoms with E-state index in [9.17, 15) is 33.6 Å². The molecule has 0 aliphatic carbocycles. The van der Waals surface area contributed by atoms with Crippen LogP contribution < -0.4 is 31.6 Å². The fraction of sp³-hybridized carbons (Fsp3) is 0.370. The Morgan fingerprint density at radius 3 is 2.04 bits per heavy atom. The molecular formula is C46H53N13O9S2. The van der Waals surface area contributed by atoms with Gasteiger partial charge in [-0.2, -0.15) is 17.7 Å². The van der Waals surface area contributed by atoms with Crippen molar-refractivity contribution in [1.29, 1.82) is 0 Å². The van der Waals surface area contributed by atoms with Gasteiger partial charge in [0.25, 0.3) is 11.8 Å². The molecule has 6 N–H and O–H groups in total. The number of methoxy groups -OCH3 is 1. The van der Waals surface area contributed by atoms with Crippen molar-refractivity contribution in [2.24, 2.45) is 11.5 Å². The number of imide groups is 1. The number of anilines is 2. The number of thiol groups is 1. The molecule has 4 aromatic heterocycles. The average molecular weight is 996 g/mol. The van der Waals surface area contributed by atoms with E-state index in [0.29, 0.717) is 62.9 Å². The number of nitrogens with two attached hydrogens (primary N) is 2. The number of aryl methyl sites for hydroxylation is 4. The zero-order chi connectivity index (χ0) is 50.6. The summed E-state index contributed by atoms with van der Waals surface area (Å²) >= 11 is 5.39. The number of nitrogens with one attached hydrogen (secondary N) is 2. The number of allylic oxidation sites excluding steroid dienone is 2. The Balaban J connectivity index is 1.19. The number of nitrogens with zero attached hydrogens (tertiary/aromatic N) is 9. The molecule has 7 rings (SSSR count). The van der Waals surface area contributed by atoms with E-state index in [1.165, 1.54) is 47.6 Å². The summed E-state index contributed by atoms with van der Waals surface area (Å²) in [5.74, 6) is -2.64. The summed E-state index contributed by atoms with van der Waals surface area (Å²) in [6, 6.07) is 7.65. The van der Waals surface area contributed by atoms with Crippen LogP contribution in [0.3, 0.4) is 0 Å². The minimum absolute atomic E-state index is 0.00229. The number of carbonyl (C=O) groups is 7. The third kappa shape index (κ3) is 10.7. The van der Waals surface area contributed by atoms with E-state index in [-0.39, 0.29) is 97.5 Å². The zero-order valence-electron chi connectivity index (χ0n) is 39.4. The average Bonchev–Trinajstić information content (AvgIpc) is 4.13. The van der Waals surface area contributed by atoms with Crippen LogP contribution >= 0.6 is 24.0 Å². The van der Waals surface area contributed by atoms with Gasteiger partial charge >= 0.3 is 0 Å². The predicted octanol–water partition coefficient (Wildman–Crippen LogP) is 3.88. The third-order valence-corrected chi connectivity index (χ3v) is 12.9. The van der Waals surface area contributed by atoms with Gasteiger partial charge in [0.15, 0.2) is 0 Å². The van der Waals surface area contributed by atoms with Crippen molar-refractivity contribution in [3.05, 3.63) is 80.6 Å². The van der Waals surface area contributed by atoms with Crippen molar-refractivity contribution < 1.29 is 43.0 Å². The zero-order valence-corrected chi connectivity index (χ0v) is 41.1. The van der Waals surface area contributed by atoms with Crippen molar-refractivity contribution in [3.63, 3.8) is 0 Å². The number of carbonyl (C=O) groups excluding carboxylic acids is 7. The number of thiazole rings is 1. The highest BCUT2D eigenvalue weighted by Crippen LogP contribution is 2.34. The number of aromatic nitrogens is 7. The van der Waals surface area contributed by atoms with Crippen LogP contribution in [0.2, 0.25) is 0 Å². The minimum atomic E-state index is -0.743. The Morgan fingerprint density at radius 1 is 0.886 bits per heavy atom. The number of likely N-dealkylation sites (tertiary alicyclic amines) is 1. The number of imidazole rings is 2. The number of amides is 7. The van der Waals surface area contributed by atoms with Gasteiger partial charge in [-0.05, 0) is 63.9 Å². The summed E-state index contributed by atoms with van der Waals surface area (Å²) in [4.78, 5) is 107. The molecular weight excluding hydrogens is 943 g/mol. The Morgan fingerprint density at radius 2 is 1.49 bits per heavy atom. The molecule has 70 heavy (non-hydrogen) atoms. The van der Waals surface area contributed by atoms with Crippen molar-refractivity contribution in [2.75, 3.05) is 44.5 Å². The SMILES string of the molecule is CCc1nc(C)sc1C(=O)Nc1nc2cc(C(N)=O)cc(OCCCN(C)C(=O)CCN3C(=O)CC(S)C3=O)c2n1C/C=C/Cn1c(NC(=O)c2cc(C)nn2CC)nc2cc(C(N)=O)cc(OC)c21. The van der Waals surface area contributed by atoms with Crippen molar-refractivity contribution in [2.45, 2.75) is 78.3 Å². The molecule has 1 aliphatic heterocycles. The highest BCUT2D eigenvalue weighted by Gasteiger charge is 2.36. The summed E-state index contributed by atoms with van der Waals surface area (Å²) in [6.07, 6.45) is 4.40. The Hall–Kier alpha value is -7.60. The first-order valence-electron chi connectivity index (χ1n) is 22.3. The standard InChI is InChI=1S/C46H53N13O9S2/c1-7-28-39(70-25(4)49-28)43(65)53-46-51-30-20-27(41(48)63)22-33(68-17-11-13-55(5)35(60)12-16-56-36(61)23-34(69)44(56)66)38(30)58(46)15-10-9-14-57-37-29(19-26(40(47)62)21-32(37)67-6)50-45(57)52-42(64)31-18-24(3)54-59(31)8-2/h9-10,18-22,34,69H,7-8,11-17,23H2,1-6H3,(H2,47,62)(H2,48,63)(H,50,52,64)(H,51,53,65)/b10-9+. The molecule has 0 spiro atoms. The number of rotatable bonds is 21. The van der Waals surface area contributed by atoms with Crippen LogP contribution in [0.25, 0.3) is 22.1 Å². The maximum absolute atomic E-state index is 13.9. The molecule has 5 heterocycles. The van der Waals surface area contributed by atoms with E-state index < -0.39 is 34.8 Å². The van der Waals surface area contributed by atoms with E-state index in [4.69, 9.17) is 25.9 Å². The van der Waals surface area contributed by atoms with Gasteiger partial charge < -0.3 is 35.0 Å². The number of ether oxygens (including phenoxy) is 2. The van der Waals surface area contributed by atoms with Gasteiger partial charge in [-0.3, -0.25) is 53.8 Å². The molecule has 0 radical (unpaired) electrons. The Bertz CT molecular complexity index is 3100. The third-order valence-electron chi connectivity index (χ3n) is 11.5. The van der Waals surface area contributed by atoms with Crippen LogP contribution in [0.1, 0.15) is 90.4 Å². The van der Waals surface area contributed by atoms with Crippen LogP contribution in [0.4, 0.5) is 11.9 Å². The van der Waals surface area contributed by atoms with E-state index in [0.717, 1.165) is 4.90 Å². The lowest BCUT2D eigenvalue weighted by Gasteiger charge is -2.20. The Labute approximate surface area is 410 Å². The van der Waals surface area contributed by atoms with Crippen molar-refractivity contribution in [1.82, 2.24) is 43.7 Å². The number of hydrogen-bond acceptors (Lipinski definition) is 15. The number of fused-ring (bicyclic) bond motifs is 2. The number of benzene rings is 2. The van der Waals surface area contributed by atoms with E-state index in [1.54, 1.807) is 46.0 Å². The van der Waals surface area contributed by atoms with Gasteiger partial charge in [-0.15, -0.1) is 11.3 Å². The normalized spacial score (nSPS) is 13.8. The van der Waals surface area contributed by atoms with Gasteiger partial charge in [0, 0.05) is 63.7 Å². The number of hydrogen-bond donors (Lipinski definition) is 5. The maximum atomic E-state index is 13.9. The quantitative estimate of drug-likeness (QED) is 0.0297. The topological polar surface area (TPSA) is 287 Å². The van der Waals surface area contributed by atoms with Crippen LogP contribution in [0.5, 0.6) is 11.5 Å². The first-order chi connectivity index (χ1) is 33.4. The lowest BCUT2D eigenvalue weighted by molar-refractivity contribution is -0.139. The van der Waals surface area contributed by atoms with Crippen LogP contribution in [0, 0.1) is 13.8 Å². The van der Waals surface area contributed by atoms with E-state index >= 15 is 0 Å². The van der Waals surface area contributed by atoms with Gasteiger partial charge in [-0.25, -0.2) is 15.0 Å². The molecule has 0 bridgehead atoms. The molecule has 22 nitrogen and oxygen atoms in total. The smallest absolute Gasteiger partial charge is 0.276 e. The fourth-order valence-electron chi connectivity index (χ4n) is 8.00. The first kappa shape index (κ1) is 50.3. The van der Waals surface area contributed by atoms with Crippen molar-refractivity contribution >= 4 is 99.3 Å². The number of primary amides is 2. The molecule has 368 valence electrons. The van der Waals surface area contributed by atoms with Gasteiger partial charge in [-0.1, -0.05) is 19.1 Å². The van der Waals surface area contributed by atoms with Crippen LogP contribution in [0.15, 0.2) is 42.5 Å². The fourth-order valence-corrected chi connectivity index (χ4v) is 9.20. The van der Waals surface area contributed by atoms with Crippen LogP contribution in [-0.4, -0.2) is 124 Å². The molecule has 2 aromatic carbocycles. The molecule has 1 atom stereocenters. The minimum Gasteiger partial charge on any atom is -0.494 e. The van der Waals surface area contributed by atoms with Gasteiger partial charge in [0.2, 0.25) is 41.4 Å². The molecule has 24 heteroatoms. The Kier molecular flexibility index (Phi) is 15.3. The van der Waals surface area contributed by atoms with Crippen LogP contribution in [-0.2, 0) is 40.4 Å². The molecule has 1 aliphatic rings. The molecule has 1 unspecified atom stereocenters.